The average Bonchev–Trinajstić information content (AvgIpc) is 3.46. The van der Waals surface area contributed by atoms with Crippen LogP contribution in [-0.2, 0) is 14.3 Å². The molecule has 5 nitrogen and oxygen atoms in total. The molecule has 3 saturated carbocycles. The lowest BCUT2D eigenvalue weighted by Crippen LogP contribution is -2.52. The molecule has 0 bridgehead atoms. The van der Waals surface area contributed by atoms with Crippen LogP contribution in [0, 0.1) is 11.8 Å². The molecule has 25 heavy (non-hydrogen) atoms. The first kappa shape index (κ1) is 18.9. The Balaban J connectivity index is 0.000000225. The van der Waals surface area contributed by atoms with Crippen LogP contribution in [0.2, 0.25) is 0 Å². The van der Waals surface area contributed by atoms with E-state index in [1.54, 1.807) is 0 Å². The summed E-state index contributed by atoms with van der Waals surface area (Å²) in [4.78, 5) is 11.6. The number of morpholine rings is 1. The third kappa shape index (κ3) is 5.56. The molecule has 4 aliphatic rings. The lowest BCUT2D eigenvalue weighted by molar-refractivity contribution is -0.192. The summed E-state index contributed by atoms with van der Waals surface area (Å²) in [6, 6.07) is 0.656. The lowest BCUT2D eigenvalue weighted by atomic mass is 10.1. The molecule has 1 aliphatic heterocycles. The maximum atomic E-state index is 10.6. The highest BCUT2D eigenvalue weighted by Crippen LogP contribution is 2.37. The van der Waals surface area contributed by atoms with Crippen LogP contribution in [0.5, 0.6) is 0 Å². The van der Waals surface area contributed by atoms with Gasteiger partial charge in [0.05, 0.1) is 18.8 Å². The molecule has 0 spiro atoms. The molecule has 3 aliphatic carbocycles. The number of carbonyl (C=O) groups is 1. The van der Waals surface area contributed by atoms with E-state index in [4.69, 9.17) is 19.4 Å². The van der Waals surface area contributed by atoms with Gasteiger partial charge in [0.1, 0.15) is 0 Å². The average molecular weight is 365 g/mol. The zero-order chi connectivity index (χ0) is 18.0. The fraction of sp³-hybridized carbons (Fsp3) is 0.941. The van der Waals surface area contributed by atoms with E-state index >= 15 is 0 Å². The van der Waals surface area contributed by atoms with E-state index in [1.165, 1.54) is 45.1 Å². The first-order valence-corrected chi connectivity index (χ1v) is 9.12. The molecule has 144 valence electrons. The molecule has 1 N–H and O–H groups in total. The van der Waals surface area contributed by atoms with Gasteiger partial charge in [-0.1, -0.05) is 0 Å². The van der Waals surface area contributed by atoms with Crippen molar-refractivity contribution in [1.29, 1.82) is 0 Å². The molecule has 0 aromatic heterocycles. The Hall–Kier alpha value is -0.860. The van der Waals surface area contributed by atoms with Crippen molar-refractivity contribution in [2.24, 2.45) is 11.8 Å². The van der Waals surface area contributed by atoms with Crippen molar-refractivity contribution in [1.82, 2.24) is 4.90 Å². The number of alkyl halides is 3. The number of nitrogens with zero attached hydrogens (tertiary/aromatic N) is 1. The van der Waals surface area contributed by atoms with Crippen LogP contribution >= 0.6 is 0 Å². The Kier molecular flexibility index (Phi) is 5.90. The number of carboxylic acids is 1. The Labute approximate surface area is 145 Å². The summed E-state index contributed by atoms with van der Waals surface area (Å²) in [5.74, 6) is -0.891. The van der Waals surface area contributed by atoms with Crippen molar-refractivity contribution in [3.63, 3.8) is 0 Å². The lowest BCUT2D eigenvalue weighted by Gasteiger charge is -2.39. The van der Waals surface area contributed by atoms with Crippen molar-refractivity contribution in [2.75, 3.05) is 26.3 Å². The van der Waals surface area contributed by atoms with Crippen LogP contribution < -0.4 is 0 Å². The minimum atomic E-state index is -5.08. The van der Waals surface area contributed by atoms with Crippen LogP contribution in [-0.4, -0.2) is 66.7 Å². The van der Waals surface area contributed by atoms with Crippen molar-refractivity contribution < 1.29 is 32.5 Å². The molecular formula is C17H26F3NO4. The number of aliphatic carboxylic acids is 1. The molecule has 0 aromatic rings. The standard InChI is InChI=1S/C15H25NO2.C2HF3O2/c1-2-11(1)9-16-7-8-17-15-13(16)5-6-14(15)18-10-12-3-4-12;3-2(4,5)1(6)7/h11-15H,1-10H2;(H,6,7)/t13-,14+,15+;/m0./s1. The first-order chi connectivity index (χ1) is 11.8. The van der Waals surface area contributed by atoms with Crippen LogP contribution in [0.3, 0.4) is 0 Å². The highest BCUT2D eigenvalue weighted by molar-refractivity contribution is 5.73. The molecule has 8 heteroatoms. The fourth-order valence-electron chi connectivity index (χ4n) is 3.57. The summed E-state index contributed by atoms with van der Waals surface area (Å²) in [6.45, 7) is 4.37. The van der Waals surface area contributed by atoms with Crippen LogP contribution in [0.4, 0.5) is 13.2 Å². The number of ether oxygens (including phenoxy) is 2. The van der Waals surface area contributed by atoms with E-state index < -0.39 is 12.1 Å². The smallest absolute Gasteiger partial charge is 0.475 e. The molecule has 3 atom stereocenters. The van der Waals surface area contributed by atoms with Crippen LogP contribution in [0.1, 0.15) is 38.5 Å². The highest BCUT2D eigenvalue weighted by Gasteiger charge is 2.44. The third-order valence-electron chi connectivity index (χ3n) is 5.33. The van der Waals surface area contributed by atoms with Crippen LogP contribution in [0.15, 0.2) is 0 Å². The van der Waals surface area contributed by atoms with Gasteiger partial charge in [0, 0.05) is 25.7 Å². The van der Waals surface area contributed by atoms with E-state index in [9.17, 15) is 13.2 Å². The first-order valence-electron chi connectivity index (χ1n) is 9.12. The molecule has 1 heterocycles. The summed E-state index contributed by atoms with van der Waals surface area (Å²) < 4.78 is 43.9. The van der Waals surface area contributed by atoms with Crippen molar-refractivity contribution in [3.8, 4) is 0 Å². The van der Waals surface area contributed by atoms with Gasteiger partial charge < -0.3 is 14.6 Å². The monoisotopic (exact) mass is 365 g/mol. The fourth-order valence-corrected chi connectivity index (χ4v) is 3.57. The summed E-state index contributed by atoms with van der Waals surface area (Å²) in [5.41, 5.74) is 0. The minimum Gasteiger partial charge on any atom is -0.475 e. The molecule has 1 saturated heterocycles. The second-order valence-corrected chi connectivity index (χ2v) is 7.54. The Morgan fingerprint density at radius 2 is 1.76 bits per heavy atom. The largest absolute Gasteiger partial charge is 0.490 e. The van der Waals surface area contributed by atoms with Gasteiger partial charge >= 0.3 is 12.1 Å². The number of hydrogen-bond acceptors (Lipinski definition) is 4. The van der Waals surface area contributed by atoms with Crippen molar-refractivity contribution >= 4 is 5.97 Å². The molecule has 4 rings (SSSR count). The quantitative estimate of drug-likeness (QED) is 0.812. The van der Waals surface area contributed by atoms with Gasteiger partial charge in [-0.15, -0.1) is 0 Å². The third-order valence-corrected chi connectivity index (χ3v) is 5.33. The van der Waals surface area contributed by atoms with Gasteiger partial charge in [-0.3, -0.25) is 4.90 Å². The summed E-state index contributed by atoms with van der Waals surface area (Å²) >= 11 is 0. The topological polar surface area (TPSA) is 59.0 Å². The van der Waals surface area contributed by atoms with Gasteiger partial charge in [-0.05, 0) is 50.4 Å². The molecule has 0 aromatic carbocycles. The van der Waals surface area contributed by atoms with Crippen molar-refractivity contribution in [3.05, 3.63) is 0 Å². The number of carboxylic acid groups (broad SMARTS) is 1. The maximum absolute atomic E-state index is 10.6. The normalized spacial score (nSPS) is 32.7. The zero-order valence-corrected chi connectivity index (χ0v) is 14.2. The highest BCUT2D eigenvalue weighted by atomic mass is 19.4. The predicted octanol–water partition coefficient (Wildman–Crippen LogP) is 2.69. The number of halogens is 3. The number of fused-ring (bicyclic) bond motifs is 1. The van der Waals surface area contributed by atoms with Gasteiger partial charge in [0.15, 0.2) is 0 Å². The summed E-state index contributed by atoms with van der Waals surface area (Å²) in [7, 11) is 0. The van der Waals surface area contributed by atoms with Crippen LogP contribution in [0.25, 0.3) is 0 Å². The summed E-state index contributed by atoms with van der Waals surface area (Å²) in [6.07, 6.45) is 3.85. The number of rotatable bonds is 5. The Bertz CT molecular complexity index is 465. The summed E-state index contributed by atoms with van der Waals surface area (Å²) in [5, 5.41) is 7.12. The minimum absolute atomic E-state index is 0.372. The zero-order valence-electron chi connectivity index (χ0n) is 14.2. The van der Waals surface area contributed by atoms with E-state index in [1.807, 2.05) is 0 Å². The predicted molar refractivity (Wildman–Crippen MR) is 83.2 cm³/mol. The molecule has 0 radical (unpaired) electrons. The maximum Gasteiger partial charge on any atom is 0.490 e. The SMILES string of the molecule is C1CN(CC2CC2)[C@H]2CC[C@@H](OCC3CC3)[C@@H]2O1.O=C(O)C(F)(F)F. The van der Waals surface area contributed by atoms with E-state index in [0.29, 0.717) is 18.2 Å². The van der Waals surface area contributed by atoms with Gasteiger partial charge in [-0.25, -0.2) is 4.79 Å². The van der Waals surface area contributed by atoms with Gasteiger partial charge in [-0.2, -0.15) is 13.2 Å². The molecular weight excluding hydrogens is 339 g/mol. The molecule has 0 unspecified atom stereocenters. The Morgan fingerprint density at radius 1 is 1.12 bits per heavy atom. The van der Waals surface area contributed by atoms with E-state index in [-0.39, 0.29) is 0 Å². The van der Waals surface area contributed by atoms with Gasteiger partial charge in [0.2, 0.25) is 0 Å². The van der Waals surface area contributed by atoms with E-state index in [2.05, 4.69) is 4.90 Å². The number of hydrogen-bond donors (Lipinski definition) is 1. The Morgan fingerprint density at radius 3 is 2.32 bits per heavy atom. The second-order valence-electron chi connectivity index (χ2n) is 7.54. The molecule has 4 fully saturated rings. The second kappa shape index (κ2) is 7.80. The molecule has 0 amide bonds. The van der Waals surface area contributed by atoms with Crippen molar-refractivity contribution in [2.45, 2.75) is 63.0 Å². The van der Waals surface area contributed by atoms with Gasteiger partial charge in [0.25, 0.3) is 0 Å². The van der Waals surface area contributed by atoms with E-state index in [0.717, 1.165) is 31.6 Å².